The number of nitrogens with one attached hydrogen (secondary N) is 1. The normalized spacial score (nSPS) is 10.2. The molecular weight excluding hydrogens is 310 g/mol. The van der Waals surface area contributed by atoms with Crippen LogP contribution < -0.4 is 10.1 Å². The molecule has 1 N–H and O–H groups in total. The van der Waals surface area contributed by atoms with E-state index in [-0.39, 0.29) is 5.91 Å². The van der Waals surface area contributed by atoms with Gasteiger partial charge in [-0.1, -0.05) is 23.7 Å². The quantitative estimate of drug-likeness (QED) is 0.526. The fourth-order valence-corrected chi connectivity index (χ4v) is 2.29. The van der Waals surface area contributed by atoms with E-state index in [2.05, 4.69) is 11.9 Å². The van der Waals surface area contributed by atoms with Crippen molar-refractivity contribution < 1.29 is 14.3 Å². The van der Waals surface area contributed by atoms with Gasteiger partial charge in [0.05, 0.1) is 23.1 Å². The van der Waals surface area contributed by atoms with Crippen molar-refractivity contribution in [3.05, 3.63) is 35.9 Å². The standard InChI is InChI=1S/C15H20ClNO3S/c1-3-10-21-11-14(18)17-13-7-5-6-12(16)15(13)20-9-8-19-4-2/h3,5-7H,1,4,8-11H2,2H3,(H,17,18). The summed E-state index contributed by atoms with van der Waals surface area (Å²) in [6.07, 6.45) is 1.76. The molecule has 0 aliphatic heterocycles. The SMILES string of the molecule is C=CCSCC(=O)Nc1cccc(Cl)c1OCCOCC. The maximum atomic E-state index is 11.8. The van der Waals surface area contributed by atoms with Crippen LogP contribution in [0, 0.1) is 0 Å². The second-order valence-corrected chi connectivity index (χ2v) is 5.45. The zero-order valence-electron chi connectivity index (χ0n) is 12.1. The Hall–Kier alpha value is -1.17. The summed E-state index contributed by atoms with van der Waals surface area (Å²) < 4.78 is 10.8. The van der Waals surface area contributed by atoms with Gasteiger partial charge in [0.2, 0.25) is 5.91 Å². The molecule has 0 bridgehead atoms. The summed E-state index contributed by atoms with van der Waals surface area (Å²) in [5.41, 5.74) is 0.572. The summed E-state index contributed by atoms with van der Waals surface area (Å²) in [7, 11) is 0. The van der Waals surface area contributed by atoms with Crippen molar-refractivity contribution in [3.63, 3.8) is 0 Å². The Labute approximate surface area is 134 Å². The van der Waals surface area contributed by atoms with Crippen molar-refractivity contribution >= 4 is 35.0 Å². The maximum absolute atomic E-state index is 11.8. The summed E-state index contributed by atoms with van der Waals surface area (Å²) in [6, 6.07) is 5.25. The first-order valence-corrected chi connectivity index (χ1v) is 8.19. The summed E-state index contributed by atoms with van der Waals surface area (Å²) in [5, 5.41) is 3.27. The first-order chi connectivity index (χ1) is 10.2. The number of ether oxygens (including phenoxy) is 2. The van der Waals surface area contributed by atoms with E-state index in [0.29, 0.717) is 42.0 Å². The van der Waals surface area contributed by atoms with Crippen LogP contribution in [0.5, 0.6) is 5.75 Å². The second kappa shape index (κ2) is 10.5. The van der Waals surface area contributed by atoms with Crippen molar-refractivity contribution in [1.29, 1.82) is 0 Å². The van der Waals surface area contributed by atoms with Gasteiger partial charge in [0.1, 0.15) is 6.61 Å². The lowest BCUT2D eigenvalue weighted by Crippen LogP contribution is -2.16. The molecule has 0 radical (unpaired) electrons. The van der Waals surface area contributed by atoms with E-state index in [1.54, 1.807) is 24.3 Å². The number of para-hydroxylation sites is 1. The molecule has 0 aliphatic carbocycles. The van der Waals surface area contributed by atoms with E-state index in [4.69, 9.17) is 21.1 Å². The summed E-state index contributed by atoms with van der Waals surface area (Å²) >= 11 is 7.61. The van der Waals surface area contributed by atoms with Gasteiger partial charge in [-0.2, -0.15) is 0 Å². The lowest BCUT2D eigenvalue weighted by Gasteiger charge is -2.14. The molecule has 0 aromatic heterocycles. The topological polar surface area (TPSA) is 47.6 Å². The molecule has 0 unspecified atom stereocenters. The Morgan fingerprint density at radius 2 is 2.29 bits per heavy atom. The molecule has 0 atom stereocenters. The van der Waals surface area contributed by atoms with Crippen LogP contribution in [-0.4, -0.2) is 37.2 Å². The van der Waals surface area contributed by atoms with Crippen LogP contribution in [0.15, 0.2) is 30.9 Å². The number of anilines is 1. The Bertz CT molecular complexity index is 468. The van der Waals surface area contributed by atoms with Crippen LogP contribution in [0.25, 0.3) is 0 Å². The number of hydrogen-bond donors (Lipinski definition) is 1. The summed E-state index contributed by atoms with van der Waals surface area (Å²) in [5.74, 6) is 1.47. The zero-order chi connectivity index (χ0) is 15.5. The van der Waals surface area contributed by atoms with Crippen molar-refractivity contribution in [3.8, 4) is 5.75 Å². The number of amides is 1. The van der Waals surface area contributed by atoms with E-state index in [9.17, 15) is 4.79 Å². The van der Waals surface area contributed by atoms with Gasteiger partial charge in [-0.3, -0.25) is 4.79 Å². The molecule has 4 nitrogen and oxygen atoms in total. The highest BCUT2D eigenvalue weighted by atomic mass is 35.5. The molecule has 0 saturated heterocycles. The van der Waals surface area contributed by atoms with E-state index in [1.165, 1.54) is 11.8 Å². The Kier molecular flexibility index (Phi) is 8.98. The molecular formula is C15H20ClNO3S. The predicted molar refractivity (Wildman–Crippen MR) is 89.6 cm³/mol. The van der Waals surface area contributed by atoms with Gasteiger partial charge < -0.3 is 14.8 Å². The average molecular weight is 330 g/mol. The second-order valence-electron chi connectivity index (χ2n) is 4.01. The zero-order valence-corrected chi connectivity index (χ0v) is 13.6. The lowest BCUT2D eigenvalue weighted by molar-refractivity contribution is -0.113. The van der Waals surface area contributed by atoms with Gasteiger partial charge in [0, 0.05) is 12.4 Å². The number of halogens is 1. The number of rotatable bonds is 10. The fraction of sp³-hybridized carbons (Fsp3) is 0.400. The third-order valence-electron chi connectivity index (χ3n) is 2.39. The van der Waals surface area contributed by atoms with Gasteiger partial charge >= 0.3 is 0 Å². The van der Waals surface area contributed by atoms with Crippen LogP contribution >= 0.6 is 23.4 Å². The molecule has 116 valence electrons. The molecule has 0 saturated carbocycles. The van der Waals surface area contributed by atoms with E-state index < -0.39 is 0 Å². The third-order valence-corrected chi connectivity index (χ3v) is 3.62. The van der Waals surface area contributed by atoms with Gasteiger partial charge in [0.15, 0.2) is 5.75 Å². The number of carbonyl (C=O) groups is 1. The van der Waals surface area contributed by atoms with Crippen molar-refractivity contribution in [2.75, 3.05) is 36.6 Å². The Morgan fingerprint density at radius 1 is 1.48 bits per heavy atom. The molecule has 1 rings (SSSR count). The predicted octanol–water partition coefficient (Wildman–Crippen LogP) is 3.61. The molecule has 1 amide bonds. The molecule has 1 aromatic rings. The molecule has 21 heavy (non-hydrogen) atoms. The van der Waals surface area contributed by atoms with Crippen LogP contribution in [-0.2, 0) is 9.53 Å². The van der Waals surface area contributed by atoms with Crippen molar-refractivity contribution in [1.82, 2.24) is 0 Å². The van der Waals surface area contributed by atoms with Crippen LogP contribution in [0.1, 0.15) is 6.92 Å². The third kappa shape index (κ3) is 6.89. The number of carbonyl (C=O) groups excluding carboxylic acids is 1. The Morgan fingerprint density at radius 3 is 3.00 bits per heavy atom. The lowest BCUT2D eigenvalue weighted by atomic mass is 10.3. The van der Waals surface area contributed by atoms with E-state index in [0.717, 1.165) is 5.75 Å². The molecule has 1 aromatic carbocycles. The van der Waals surface area contributed by atoms with Gasteiger partial charge in [0.25, 0.3) is 0 Å². The number of thioether (sulfide) groups is 1. The minimum absolute atomic E-state index is 0.0984. The van der Waals surface area contributed by atoms with Crippen molar-refractivity contribution in [2.45, 2.75) is 6.92 Å². The highest BCUT2D eigenvalue weighted by Gasteiger charge is 2.11. The minimum atomic E-state index is -0.0984. The van der Waals surface area contributed by atoms with Crippen LogP contribution in [0.3, 0.4) is 0 Å². The Balaban J connectivity index is 2.61. The number of hydrogen-bond acceptors (Lipinski definition) is 4. The van der Waals surface area contributed by atoms with Crippen molar-refractivity contribution in [2.24, 2.45) is 0 Å². The van der Waals surface area contributed by atoms with Crippen LogP contribution in [0.2, 0.25) is 5.02 Å². The maximum Gasteiger partial charge on any atom is 0.234 e. The monoisotopic (exact) mass is 329 g/mol. The highest BCUT2D eigenvalue weighted by Crippen LogP contribution is 2.32. The average Bonchev–Trinajstić information content (AvgIpc) is 2.46. The first kappa shape index (κ1) is 17.9. The van der Waals surface area contributed by atoms with E-state index >= 15 is 0 Å². The van der Waals surface area contributed by atoms with Gasteiger partial charge in [-0.25, -0.2) is 0 Å². The molecule has 0 fully saturated rings. The van der Waals surface area contributed by atoms with Gasteiger partial charge in [-0.15, -0.1) is 18.3 Å². The fourth-order valence-electron chi connectivity index (χ4n) is 1.52. The molecule has 6 heteroatoms. The largest absolute Gasteiger partial charge is 0.487 e. The molecule has 0 heterocycles. The first-order valence-electron chi connectivity index (χ1n) is 6.66. The smallest absolute Gasteiger partial charge is 0.234 e. The minimum Gasteiger partial charge on any atom is -0.487 e. The highest BCUT2D eigenvalue weighted by molar-refractivity contribution is 8.00. The summed E-state index contributed by atoms with van der Waals surface area (Å²) in [6.45, 7) is 7.02. The molecule has 0 aliphatic rings. The van der Waals surface area contributed by atoms with Gasteiger partial charge in [-0.05, 0) is 19.1 Å². The van der Waals surface area contributed by atoms with E-state index in [1.807, 2.05) is 6.92 Å². The summed E-state index contributed by atoms with van der Waals surface area (Å²) in [4.78, 5) is 11.8. The van der Waals surface area contributed by atoms with Crippen LogP contribution in [0.4, 0.5) is 5.69 Å². The number of benzene rings is 1. The molecule has 0 spiro atoms.